The van der Waals surface area contributed by atoms with Crippen LogP contribution in [0.5, 0.6) is 0 Å². The zero-order chi connectivity index (χ0) is 14.7. The van der Waals surface area contributed by atoms with Crippen LogP contribution in [0.2, 0.25) is 0 Å². The van der Waals surface area contributed by atoms with Crippen molar-refractivity contribution < 1.29 is 9.53 Å². The van der Waals surface area contributed by atoms with Crippen LogP contribution < -0.4 is 4.90 Å². The van der Waals surface area contributed by atoms with Gasteiger partial charge >= 0.3 is 5.97 Å². The molecule has 0 aliphatic rings. The molecule has 0 aliphatic carbocycles. The van der Waals surface area contributed by atoms with E-state index in [1.54, 1.807) is 6.92 Å². The Morgan fingerprint density at radius 1 is 1.30 bits per heavy atom. The van der Waals surface area contributed by atoms with Gasteiger partial charge in [-0.25, -0.2) is 4.79 Å². The van der Waals surface area contributed by atoms with Crippen LogP contribution in [0, 0.1) is 0 Å². The molecule has 5 heteroatoms. The van der Waals surface area contributed by atoms with Gasteiger partial charge in [-0.3, -0.25) is 0 Å². The smallest absolute Gasteiger partial charge is 0.361 e. The van der Waals surface area contributed by atoms with Gasteiger partial charge < -0.3 is 9.64 Å². The molecule has 0 fully saturated rings. The van der Waals surface area contributed by atoms with Crippen LogP contribution >= 0.6 is 0 Å². The van der Waals surface area contributed by atoms with Crippen molar-refractivity contribution in [1.82, 2.24) is 10.2 Å². The molecular weight excluding hydrogens is 254 g/mol. The molecule has 0 aliphatic heterocycles. The average molecular weight is 273 g/mol. The summed E-state index contributed by atoms with van der Waals surface area (Å²) >= 11 is 0. The van der Waals surface area contributed by atoms with Gasteiger partial charge in [0, 0.05) is 18.5 Å². The molecule has 106 valence electrons. The van der Waals surface area contributed by atoms with E-state index in [-0.39, 0.29) is 11.7 Å². The summed E-state index contributed by atoms with van der Waals surface area (Å²) < 4.78 is 5.08. The van der Waals surface area contributed by atoms with Crippen LogP contribution in [0.3, 0.4) is 0 Å². The summed E-state index contributed by atoms with van der Waals surface area (Å²) in [5.74, 6) is -0.437. The van der Waals surface area contributed by atoms with Crippen LogP contribution in [-0.4, -0.2) is 35.9 Å². The molecule has 0 unspecified atom stereocenters. The first-order chi connectivity index (χ1) is 9.56. The Morgan fingerprint density at radius 3 is 2.65 bits per heavy atom. The first kappa shape index (κ1) is 14.2. The molecule has 0 radical (unpaired) electrons. The maximum absolute atomic E-state index is 12.1. The van der Waals surface area contributed by atoms with Crippen LogP contribution in [0.4, 0.5) is 5.69 Å². The molecule has 0 saturated carbocycles. The standard InChI is InChI=1S/C15H19N3O2/c1-5-20-15(19)13-14(18(4)10(2)3)11-8-6-7-9-12(11)16-17-13/h6-10H,5H2,1-4H3. The number of fused-ring (bicyclic) bond motifs is 1. The molecule has 0 N–H and O–H groups in total. The highest BCUT2D eigenvalue weighted by Gasteiger charge is 2.22. The second-order valence-corrected chi connectivity index (χ2v) is 4.84. The highest BCUT2D eigenvalue weighted by molar-refractivity contribution is 6.03. The van der Waals surface area contributed by atoms with E-state index in [2.05, 4.69) is 24.0 Å². The zero-order valence-corrected chi connectivity index (χ0v) is 12.3. The molecule has 1 heterocycles. The zero-order valence-electron chi connectivity index (χ0n) is 12.3. The Kier molecular flexibility index (Phi) is 4.17. The molecule has 2 rings (SSSR count). The minimum absolute atomic E-state index is 0.232. The van der Waals surface area contributed by atoms with Gasteiger partial charge in [0.25, 0.3) is 0 Å². The molecule has 2 aromatic rings. The molecule has 20 heavy (non-hydrogen) atoms. The summed E-state index contributed by atoms with van der Waals surface area (Å²) in [6, 6.07) is 7.89. The monoisotopic (exact) mass is 273 g/mol. The number of carbonyl (C=O) groups excluding carboxylic acids is 1. The topological polar surface area (TPSA) is 55.3 Å². The van der Waals surface area contributed by atoms with Crippen LogP contribution in [0.15, 0.2) is 24.3 Å². The summed E-state index contributed by atoms with van der Waals surface area (Å²) in [5.41, 5.74) is 1.80. The first-order valence-electron chi connectivity index (χ1n) is 6.71. The van der Waals surface area contributed by atoms with E-state index in [0.717, 1.165) is 16.6 Å². The number of hydrogen-bond donors (Lipinski definition) is 0. The van der Waals surface area contributed by atoms with Crippen molar-refractivity contribution in [1.29, 1.82) is 0 Å². The quantitative estimate of drug-likeness (QED) is 0.802. The van der Waals surface area contributed by atoms with Crippen molar-refractivity contribution in [3.8, 4) is 0 Å². The second kappa shape index (κ2) is 5.86. The van der Waals surface area contributed by atoms with Crippen molar-refractivity contribution in [2.24, 2.45) is 0 Å². The highest BCUT2D eigenvalue weighted by Crippen LogP contribution is 2.29. The molecule has 0 atom stereocenters. The molecular formula is C15H19N3O2. The van der Waals surface area contributed by atoms with E-state index in [1.165, 1.54) is 0 Å². The van der Waals surface area contributed by atoms with Gasteiger partial charge in [-0.15, -0.1) is 10.2 Å². The van der Waals surface area contributed by atoms with E-state index in [1.807, 2.05) is 36.2 Å². The number of aromatic nitrogens is 2. The number of rotatable bonds is 4. The fourth-order valence-electron chi connectivity index (χ4n) is 1.99. The van der Waals surface area contributed by atoms with Crippen molar-refractivity contribution >= 4 is 22.6 Å². The van der Waals surface area contributed by atoms with E-state index in [4.69, 9.17) is 4.74 Å². The van der Waals surface area contributed by atoms with Crippen molar-refractivity contribution in [3.05, 3.63) is 30.0 Å². The van der Waals surface area contributed by atoms with Gasteiger partial charge in [0.2, 0.25) is 0 Å². The number of hydrogen-bond acceptors (Lipinski definition) is 5. The van der Waals surface area contributed by atoms with Crippen LogP contribution in [-0.2, 0) is 4.74 Å². The third-order valence-corrected chi connectivity index (χ3v) is 3.24. The number of ether oxygens (including phenoxy) is 1. The first-order valence-corrected chi connectivity index (χ1v) is 6.71. The van der Waals surface area contributed by atoms with Crippen molar-refractivity contribution in [2.75, 3.05) is 18.6 Å². The van der Waals surface area contributed by atoms with E-state index in [9.17, 15) is 4.79 Å². The number of carbonyl (C=O) groups is 1. The summed E-state index contributed by atoms with van der Waals surface area (Å²) in [6.45, 7) is 6.21. The maximum atomic E-state index is 12.1. The lowest BCUT2D eigenvalue weighted by molar-refractivity contribution is 0.0519. The molecule has 0 saturated heterocycles. The predicted molar refractivity (Wildman–Crippen MR) is 79.0 cm³/mol. The number of benzene rings is 1. The lowest BCUT2D eigenvalue weighted by Crippen LogP contribution is -2.29. The second-order valence-electron chi connectivity index (χ2n) is 4.84. The summed E-state index contributed by atoms with van der Waals surface area (Å²) in [4.78, 5) is 14.1. The van der Waals surface area contributed by atoms with E-state index >= 15 is 0 Å². The lowest BCUT2D eigenvalue weighted by atomic mass is 10.1. The average Bonchev–Trinajstić information content (AvgIpc) is 2.45. The van der Waals surface area contributed by atoms with E-state index in [0.29, 0.717) is 6.61 Å². The van der Waals surface area contributed by atoms with Gasteiger partial charge in [0.1, 0.15) is 0 Å². The Balaban J connectivity index is 2.68. The van der Waals surface area contributed by atoms with Crippen molar-refractivity contribution in [3.63, 3.8) is 0 Å². The van der Waals surface area contributed by atoms with Gasteiger partial charge in [0.05, 0.1) is 17.8 Å². The highest BCUT2D eigenvalue weighted by atomic mass is 16.5. The molecule has 0 amide bonds. The van der Waals surface area contributed by atoms with Crippen molar-refractivity contribution in [2.45, 2.75) is 26.8 Å². The fraction of sp³-hybridized carbons (Fsp3) is 0.400. The number of nitrogens with zero attached hydrogens (tertiary/aromatic N) is 3. The summed E-state index contributed by atoms with van der Waals surface area (Å²) in [7, 11) is 1.94. The van der Waals surface area contributed by atoms with Gasteiger partial charge in [-0.2, -0.15) is 0 Å². The predicted octanol–water partition coefficient (Wildman–Crippen LogP) is 2.65. The molecule has 0 spiro atoms. The Bertz CT molecular complexity index is 626. The number of esters is 1. The SMILES string of the molecule is CCOC(=O)c1nnc2ccccc2c1N(C)C(C)C. The molecule has 5 nitrogen and oxygen atoms in total. The molecule has 1 aromatic heterocycles. The third-order valence-electron chi connectivity index (χ3n) is 3.24. The van der Waals surface area contributed by atoms with E-state index < -0.39 is 5.97 Å². The number of anilines is 1. The Hall–Kier alpha value is -2.17. The minimum Gasteiger partial charge on any atom is -0.461 e. The summed E-state index contributed by atoms with van der Waals surface area (Å²) in [6.07, 6.45) is 0. The fourth-order valence-corrected chi connectivity index (χ4v) is 1.99. The Morgan fingerprint density at radius 2 is 2.00 bits per heavy atom. The maximum Gasteiger partial charge on any atom is 0.361 e. The largest absolute Gasteiger partial charge is 0.461 e. The molecule has 1 aromatic carbocycles. The van der Waals surface area contributed by atoms with Gasteiger partial charge in [-0.1, -0.05) is 18.2 Å². The van der Waals surface area contributed by atoms with Gasteiger partial charge in [0.15, 0.2) is 5.69 Å². The lowest BCUT2D eigenvalue weighted by Gasteiger charge is -2.26. The summed E-state index contributed by atoms with van der Waals surface area (Å²) in [5, 5.41) is 9.08. The normalized spacial score (nSPS) is 10.8. The molecule has 0 bridgehead atoms. The van der Waals surface area contributed by atoms with Gasteiger partial charge in [-0.05, 0) is 26.8 Å². The van der Waals surface area contributed by atoms with Crippen LogP contribution in [0.25, 0.3) is 10.9 Å². The Labute approximate surface area is 118 Å². The van der Waals surface area contributed by atoms with Crippen LogP contribution in [0.1, 0.15) is 31.3 Å². The third kappa shape index (κ3) is 2.57. The minimum atomic E-state index is -0.437.